The van der Waals surface area contributed by atoms with Gasteiger partial charge in [-0.1, -0.05) is 104 Å². The third-order valence-corrected chi connectivity index (χ3v) is 9.34. The monoisotopic (exact) mass is 652 g/mol. The molecule has 0 aliphatic heterocycles. The van der Waals surface area contributed by atoms with E-state index in [9.17, 15) is 30.0 Å². The van der Waals surface area contributed by atoms with Crippen LogP contribution in [0.2, 0.25) is 0 Å². The van der Waals surface area contributed by atoms with Crippen LogP contribution in [-0.4, -0.2) is 32.5 Å². The molecule has 0 fully saturated rings. The van der Waals surface area contributed by atoms with E-state index in [1.807, 2.05) is 25.1 Å². The lowest BCUT2D eigenvalue weighted by atomic mass is 9.70. The van der Waals surface area contributed by atoms with Gasteiger partial charge in [-0.3, -0.25) is 9.59 Å². The highest BCUT2D eigenvalue weighted by Gasteiger charge is 2.39. The highest BCUT2D eigenvalue weighted by molar-refractivity contribution is 5.92. The van der Waals surface area contributed by atoms with Crippen LogP contribution in [0.25, 0.3) is 11.1 Å². The molecule has 246 valence electrons. The van der Waals surface area contributed by atoms with Crippen molar-refractivity contribution in [3.8, 4) is 39.9 Å². The van der Waals surface area contributed by atoms with E-state index in [-0.39, 0.29) is 35.2 Å². The van der Waals surface area contributed by atoms with Crippen LogP contribution in [0.15, 0.2) is 133 Å². The lowest BCUT2D eigenvalue weighted by Gasteiger charge is -2.34. The second-order valence-electron chi connectivity index (χ2n) is 12.5. The van der Waals surface area contributed by atoms with Crippen LogP contribution in [0, 0.1) is 0 Å². The number of phenols is 4. The third kappa shape index (κ3) is 6.19. The average molecular weight is 653 g/mol. The number of allylic oxidation sites excluding steroid dienone is 4. The molecular formula is C42H36O7. The van der Waals surface area contributed by atoms with Gasteiger partial charge < -0.3 is 25.2 Å². The van der Waals surface area contributed by atoms with Crippen LogP contribution in [0.1, 0.15) is 59.3 Å². The van der Waals surface area contributed by atoms with Gasteiger partial charge in [-0.15, -0.1) is 0 Å². The van der Waals surface area contributed by atoms with E-state index in [0.717, 1.165) is 11.9 Å². The van der Waals surface area contributed by atoms with Gasteiger partial charge in [-0.2, -0.15) is 0 Å². The van der Waals surface area contributed by atoms with Crippen molar-refractivity contribution in [1.29, 1.82) is 0 Å². The molecule has 49 heavy (non-hydrogen) atoms. The van der Waals surface area contributed by atoms with Gasteiger partial charge in [0.05, 0.1) is 0 Å². The summed E-state index contributed by atoms with van der Waals surface area (Å²) in [5.41, 5.74) is 1.51. The van der Waals surface area contributed by atoms with Gasteiger partial charge in [0.15, 0.2) is 11.4 Å². The molecule has 0 spiro atoms. The zero-order valence-electron chi connectivity index (χ0n) is 27.1. The average Bonchev–Trinajstić information content (AvgIpc) is 3.10. The van der Waals surface area contributed by atoms with Crippen molar-refractivity contribution in [3.05, 3.63) is 161 Å². The number of benzene rings is 5. The molecule has 0 saturated carbocycles. The van der Waals surface area contributed by atoms with Crippen molar-refractivity contribution in [2.45, 2.75) is 37.7 Å². The van der Waals surface area contributed by atoms with Gasteiger partial charge >= 0.3 is 0 Å². The lowest BCUT2D eigenvalue weighted by molar-refractivity contribution is -0.113. The largest absolute Gasteiger partial charge is 0.508 e. The molecule has 1 aliphatic carbocycles. The number of rotatable bonds is 10. The maximum atomic E-state index is 12.2. The number of aldehydes is 1. The van der Waals surface area contributed by atoms with Crippen molar-refractivity contribution in [2.24, 2.45) is 0 Å². The Balaban J connectivity index is 1.52. The minimum Gasteiger partial charge on any atom is -0.508 e. The molecule has 7 heteroatoms. The highest BCUT2D eigenvalue weighted by atomic mass is 16.5. The Bertz CT molecular complexity index is 2110. The summed E-state index contributed by atoms with van der Waals surface area (Å²) < 4.78 is 6.56. The fourth-order valence-electron chi connectivity index (χ4n) is 6.77. The lowest BCUT2D eigenvalue weighted by Crippen LogP contribution is -2.32. The standard InChI is InChI=1S/C42H36O7/c1-41(35-13-5-6-16-38(35)46,25-27-17-19-29(44)20-18-27)36-14-7-10-32(39(36)47)33-11-8-15-37(40(33)48)42(2,34-12-4-3-9-28(34)26-43)49-31-23-21-30(45)22-24-31/h3-19,21-24,26,45-48H,20,25H2,1-2H3. The molecule has 0 radical (unpaired) electrons. The Kier molecular flexibility index (Phi) is 8.85. The maximum absolute atomic E-state index is 12.2. The van der Waals surface area contributed by atoms with Crippen LogP contribution >= 0.6 is 0 Å². The molecule has 2 atom stereocenters. The molecule has 0 aromatic heterocycles. The first-order valence-electron chi connectivity index (χ1n) is 15.9. The zero-order chi connectivity index (χ0) is 34.8. The summed E-state index contributed by atoms with van der Waals surface area (Å²) in [7, 11) is 0. The van der Waals surface area contributed by atoms with Crippen LogP contribution in [0.5, 0.6) is 28.7 Å². The minimum absolute atomic E-state index is 0.00497. The summed E-state index contributed by atoms with van der Waals surface area (Å²) in [4.78, 5) is 24.1. The van der Waals surface area contributed by atoms with Crippen LogP contribution in [0.3, 0.4) is 0 Å². The third-order valence-electron chi connectivity index (χ3n) is 9.34. The molecule has 0 amide bonds. The second kappa shape index (κ2) is 13.2. The van der Waals surface area contributed by atoms with Gasteiger partial charge in [0, 0.05) is 50.8 Å². The van der Waals surface area contributed by atoms with E-state index < -0.39 is 11.0 Å². The van der Waals surface area contributed by atoms with E-state index in [1.54, 1.807) is 104 Å². The first kappa shape index (κ1) is 32.8. The molecular weight excluding hydrogens is 616 g/mol. The van der Waals surface area contributed by atoms with Gasteiger partial charge in [-0.25, -0.2) is 0 Å². The van der Waals surface area contributed by atoms with E-state index in [0.29, 0.717) is 51.1 Å². The molecule has 6 rings (SSSR count). The molecule has 7 nitrogen and oxygen atoms in total. The summed E-state index contributed by atoms with van der Waals surface area (Å²) in [6, 6.07) is 30.5. The van der Waals surface area contributed by atoms with Gasteiger partial charge in [0.1, 0.15) is 35.0 Å². The second-order valence-corrected chi connectivity index (χ2v) is 12.5. The first-order chi connectivity index (χ1) is 23.5. The molecule has 1 aliphatic rings. The minimum atomic E-state index is -1.40. The van der Waals surface area contributed by atoms with E-state index >= 15 is 0 Å². The topological polar surface area (TPSA) is 124 Å². The van der Waals surface area contributed by atoms with E-state index in [1.165, 1.54) is 12.1 Å². The number of ketones is 1. The van der Waals surface area contributed by atoms with Crippen molar-refractivity contribution < 1.29 is 34.8 Å². The van der Waals surface area contributed by atoms with Crippen LogP contribution < -0.4 is 4.74 Å². The van der Waals surface area contributed by atoms with Crippen molar-refractivity contribution >= 4 is 12.1 Å². The summed E-state index contributed by atoms with van der Waals surface area (Å²) in [5, 5.41) is 45.1. The summed E-state index contributed by atoms with van der Waals surface area (Å²) in [5.74, 6) is 0.256. The fraction of sp³-hybridized carbons (Fsp3) is 0.143. The quantitative estimate of drug-likeness (QED) is 0.112. The van der Waals surface area contributed by atoms with Gasteiger partial charge in [0.25, 0.3) is 0 Å². The fourth-order valence-corrected chi connectivity index (χ4v) is 6.77. The zero-order valence-corrected chi connectivity index (χ0v) is 27.1. The maximum Gasteiger partial charge on any atom is 0.160 e. The van der Waals surface area contributed by atoms with Gasteiger partial charge in [0.2, 0.25) is 0 Å². The summed E-state index contributed by atoms with van der Waals surface area (Å²) in [6.07, 6.45) is 6.55. The molecule has 0 saturated heterocycles. The molecule has 2 unspecified atom stereocenters. The molecule has 5 aromatic carbocycles. The number of carbonyl (C=O) groups excluding carboxylic acids is 2. The van der Waals surface area contributed by atoms with Crippen LogP contribution in [-0.2, 0) is 15.8 Å². The Labute approximate surface area is 284 Å². The molecule has 0 bridgehead atoms. The van der Waals surface area contributed by atoms with Crippen molar-refractivity contribution in [1.82, 2.24) is 0 Å². The number of carbonyl (C=O) groups is 2. The van der Waals surface area contributed by atoms with Crippen molar-refractivity contribution in [2.75, 3.05) is 0 Å². The predicted molar refractivity (Wildman–Crippen MR) is 188 cm³/mol. The van der Waals surface area contributed by atoms with E-state index in [2.05, 4.69) is 0 Å². The number of para-hydroxylation sites is 3. The van der Waals surface area contributed by atoms with E-state index in [4.69, 9.17) is 4.74 Å². The number of phenolic OH excluding ortho intramolecular Hbond substituents is 4. The smallest absolute Gasteiger partial charge is 0.160 e. The molecule has 4 N–H and O–H groups in total. The normalized spacial score (nSPS) is 15.1. The predicted octanol–water partition coefficient (Wildman–Crippen LogP) is 8.48. The Morgan fingerprint density at radius 3 is 1.90 bits per heavy atom. The Morgan fingerprint density at radius 2 is 1.27 bits per heavy atom. The number of ether oxygens (including phenoxy) is 1. The Morgan fingerprint density at radius 1 is 0.673 bits per heavy atom. The Hall–Kier alpha value is -6.08. The summed E-state index contributed by atoms with van der Waals surface area (Å²) >= 11 is 0. The summed E-state index contributed by atoms with van der Waals surface area (Å²) in [6.45, 7) is 3.68. The number of hydrogen-bond acceptors (Lipinski definition) is 7. The number of aromatic hydroxyl groups is 4. The first-order valence-corrected chi connectivity index (χ1v) is 15.9. The van der Waals surface area contributed by atoms with Crippen LogP contribution in [0.4, 0.5) is 0 Å². The van der Waals surface area contributed by atoms with Crippen molar-refractivity contribution in [3.63, 3.8) is 0 Å². The SMILES string of the molecule is CC(CC1=CCC(=O)C=C1)(c1ccccc1O)c1cccc(-c2cccc(C(C)(Oc3ccc(O)cc3)c3ccccc3C=O)c2O)c1O. The molecule has 0 heterocycles. The highest BCUT2D eigenvalue weighted by Crippen LogP contribution is 2.50. The molecule has 5 aromatic rings. The van der Waals surface area contributed by atoms with Gasteiger partial charge in [-0.05, 0) is 49.8 Å². The number of hydrogen-bond donors (Lipinski definition) is 4.